The van der Waals surface area contributed by atoms with Crippen molar-refractivity contribution in [2.24, 2.45) is 0 Å². The van der Waals surface area contributed by atoms with E-state index in [2.05, 4.69) is 4.98 Å². The molecule has 2 rings (SSSR count). The summed E-state index contributed by atoms with van der Waals surface area (Å²) in [5, 5.41) is 13.0. The fraction of sp³-hybridized carbons (Fsp3) is 0.231. The molecule has 0 saturated heterocycles. The minimum Gasteiger partial charge on any atom is -0.336 e. The molecule has 2 aromatic rings. The molecule has 0 aliphatic rings. The molecule has 6 nitrogen and oxygen atoms in total. The lowest BCUT2D eigenvalue weighted by molar-refractivity contribution is -0.385. The first-order chi connectivity index (χ1) is 9.90. The smallest absolute Gasteiger partial charge is 0.300 e. The predicted molar refractivity (Wildman–Crippen MR) is 80.8 cm³/mol. The number of pyridine rings is 1. The molecule has 0 bridgehead atoms. The summed E-state index contributed by atoms with van der Waals surface area (Å²) < 4.78 is 0. The number of aromatic nitrogens is 1. The molecule has 0 saturated carbocycles. The van der Waals surface area contributed by atoms with Crippen molar-refractivity contribution in [1.29, 1.82) is 0 Å². The molecule has 0 radical (unpaired) electrons. The first kappa shape index (κ1) is 15.4. The molecule has 2 heterocycles. The number of aryl methyl sites for hydroxylation is 1. The number of amides is 1. The van der Waals surface area contributed by atoms with Gasteiger partial charge in [0.15, 0.2) is 0 Å². The Morgan fingerprint density at radius 3 is 2.86 bits per heavy atom. The van der Waals surface area contributed by atoms with Crippen LogP contribution in [0, 0.1) is 17.0 Å². The molecule has 0 aliphatic carbocycles. The third-order valence-corrected chi connectivity index (χ3v) is 4.19. The largest absolute Gasteiger partial charge is 0.336 e. The maximum atomic E-state index is 12.4. The van der Waals surface area contributed by atoms with Gasteiger partial charge in [-0.25, -0.2) is 4.98 Å². The van der Waals surface area contributed by atoms with Crippen molar-refractivity contribution in [2.45, 2.75) is 13.5 Å². The summed E-state index contributed by atoms with van der Waals surface area (Å²) in [5.41, 5.74) is 0.678. The molecule has 110 valence electrons. The second-order valence-corrected chi connectivity index (χ2v) is 5.86. The maximum Gasteiger partial charge on any atom is 0.300 e. The Balaban J connectivity index is 2.29. The van der Waals surface area contributed by atoms with Crippen molar-refractivity contribution in [2.75, 3.05) is 7.05 Å². The van der Waals surface area contributed by atoms with Gasteiger partial charge in [0, 0.05) is 11.9 Å². The third kappa shape index (κ3) is 3.37. The van der Waals surface area contributed by atoms with Crippen LogP contribution in [0.1, 0.15) is 20.8 Å². The van der Waals surface area contributed by atoms with Gasteiger partial charge in [-0.3, -0.25) is 14.9 Å². The lowest BCUT2D eigenvalue weighted by atomic mass is 10.2. The number of carbonyl (C=O) groups is 1. The lowest BCUT2D eigenvalue weighted by Gasteiger charge is -2.17. The van der Waals surface area contributed by atoms with Gasteiger partial charge in [-0.05, 0) is 30.0 Å². The van der Waals surface area contributed by atoms with E-state index < -0.39 is 10.8 Å². The molecular weight excluding hydrogens is 314 g/mol. The zero-order valence-electron chi connectivity index (χ0n) is 11.4. The van der Waals surface area contributed by atoms with Crippen molar-refractivity contribution < 1.29 is 9.72 Å². The van der Waals surface area contributed by atoms with E-state index >= 15 is 0 Å². The highest BCUT2D eigenvalue weighted by atomic mass is 35.5. The van der Waals surface area contributed by atoms with Gasteiger partial charge >= 0.3 is 0 Å². The minimum absolute atomic E-state index is 0.0460. The van der Waals surface area contributed by atoms with E-state index in [9.17, 15) is 14.9 Å². The number of thiophene rings is 1. The average molecular weight is 326 g/mol. The van der Waals surface area contributed by atoms with Gasteiger partial charge in [0.2, 0.25) is 0 Å². The predicted octanol–water partition coefficient (Wildman–Crippen LogP) is 3.29. The topological polar surface area (TPSA) is 76.3 Å². The van der Waals surface area contributed by atoms with E-state index in [-0.39, 0.29) is 16.4 Å². The molecule has 2 aromatic heterocycles. The van der Waals surface area contributed by atoms with E-state index in [1.807, 2.05) is 18.4 Å². The maximum absolute atomic E-state index is 12.4. The SMILES string of the molecule is Cc1ccsc1CN(C)C(=O)c1cc(Cl)ncc1[N+](=O)[O-]. The summed E-state index contributed by atoms with van der Waals surface area (Å²) in [6.07, 6.45) is 1.000. The Morgan fingerprint density at radius 2 is 2.29 bits per heavy atom. The quantitative estimate of drug-likeness (QED) is 0.491. The van der Waals surface area contributed by atoms with Crippen molar-refractivity contribution in [1.82, 2.24) is 9.88 Å². The Morgan fingerprint density at radius 1 is 1.57 bits per heavy atom. The molecular formula is C13H12ClN3O3S. The monoisotopic (exact) mass is 325 g/mol. The molecule has 0 fully saturated rings. The normalized spacial score (nSPS) is 10.4. The molecule has 0 N–H and O–H groups in total. The van der Waals surface area contributed by atoms with E-state index in [1.165, 1.54) is 22.3 Å². The number of rotatable bonds is 4. The summed E-state index contributed by atoms with van der Waals surface area (Å²) in [7, 11) is 1.60. The van der Waals surface area contributed by atoms with E-state index in [4.69, 9.17) is 11.6 Å². The van der Waals surface area contributed by atoms with Gasteiger partial charge in [-0.2, -0.15) is 0 Å². The number of halogens is 1. The van der Waals surface area contributed by atoms with Gasteiger partial charge in [0.1, 0.15) is 16.9 Å². The van der Waals surface area contributed by atoms with Crippen LogP contribution in [0.4, 0.5) is 5.69 Å². The highest BCUT2D eigenvalue weighted by Crippen LogP contribution is 2.23. The highest BCUT2D eigenvalue weighted by molar-refractivity contribution is 7.10. The molecule has 0 aliphatic heterocycles. The van der Waals surface area contributed by atoms with E-state index in [0.29, 0.717) is 6.54 Å². The summed E-state index contributed by atoms with van der Waals surface area (Å²) in [4.78, 5) is 28.9. The van der Waals surface area contributed by atoms with Crippen LogP contribution in [0.5, 0.6) is 0 Å². The highest BCUT2D eigenvalue weighted by Gasteiger charge is 2.24. The van der Waals surface area contributed by atoms with Crippen LogP contribution in [-0.4, -0.2) is 27.8 Å². The second kappa shape index (κ2) is 6.19. The van der Waals surface area contributed by atoms with E-state index in [0.717, 1.165) is 16.6 Å². The third-order valence-electron chi connectivity index (χ3n) is 2.97. The van der Waals surface area contributed by atoms with Crippen LogP contribution in [0.3, 0.4) is 0 Å². The molecule has 0 aromatic carbocycles. The number of hydrogen-bond acceptors (Lipinski definition) is 5. The minimum atomic E-state index is -0.638. The van der Waals surface area contributed by atoms with Crippen LogP contribution in [-0.2, 0) is 6.54 Å². The standard InChI is InChI=1S/C13H12ClN3O3S/c1-8-3-4-21-11(8)7-16(2)13(18)9-5-12(14)15-6-10(9)17(19)20/h3-6H,7H2,1-2H3. The molecule has 1 amide bonds. The van der Waals surface area contributed by atoms with Crippen LogP contribution >= 0.6 is 22.9 Å². The van der Waals surface area contributed by atoms with Crippen LogP contribution < -0.4 is 0 Å². The van der Waals surface area contributed by atoms with Crippen molar-refractivity contribution in [3.05, 3.63) is 55.0 Å². The fourth-order valence-corrected chi connectivity index (χ4v) is 2.91. The first-order valence-electron chi connectivity index (χ1n) is 5.98. The zero-order valence-corrected chi connectivity index (χ0v) is 12.9. The van der Waals surface area contributed by atoms with Crippen molar-refractivity contribution in [3.63, 3.8) is 0 Å². The van der Waals surface area contributed by atoms with Crippen LogP contribution in [0.25, 0.3) is 0 Å². The van der Waals surface area contributed by atoms with Gasteiger partial charge in [-0.15, -0.1) is 11.3 Å². The van der Waals surface area contributed by atoms with Gasteiger partial charge in [-0.1, -0.05) is 11.6 Å². The molecule has 0 atom stereocenters. The zero-order chi connectivity index (χ0) is 15.6. The summed E-state index contributed by atoms with van der Waals surface area (Å²) in [6.45, 7) is 2.34. The first-order valence-corrected chi connectivity index (χ1v) is 7.24. The van der Waals surface area contributed by atoms with Gasteiger partial charge in [0.25, 0.3) is 11.6 Å². The molecule has 8 heteroatoms. The lowest BCUT2D eigenvalue weighted by Crippen LogP contribution is -2.26. The number of nitro groups is 1. The van der Waals surface area contributed by atoms with Gasteiger partial charge in [0.05, 0.1) is 11.5 Å². The van der Waals surface area contributed by atoms with Crippen molar-refractivity contribution >= 4 is 34.5 Å². The fourth-order valence-electron chi connectivity index (χ4n) is 1.80. The summed E-state index contributed by atoms with van der Waals surface area (Å²) in [5.74, 6) is -0.459. The number of carbonyl (C=O) groups excluding carboxylic acids is 1. The van der Waals surface area contributed by atoms with Crippen molar-refractivity contribution in [3.8, 4) is 0 Å². The number of hydrogen-bond donors (Lipinski definition) is 0. The van der Waals surface area contributed by atoms with Crippen LogP contribution in [0.15, 0.2) is 23.7 Å². The molecule has 0 spiro atoms. The van der Waals surface area contributed by atoms with E-state index in [1.54, 1.807) is 7.05 Å². The summed E-state index contributed by atoms with van der Waals surface area (Å²) in [6, 6.07) is 3.18. The van der Waals surface area contributed by atoms with Gasteiger partial charge < -0.3 is 4.90 Å². The molecule has 0 unspecified atom stereocenters. The average Bonchev–Trinajstić information content (AvgIpc) is 2.83. The molecule has 21 heavy (non-hydrogen) atoms. The Kier molecular flexibility index (Phi) is 4.54. The second-order valence-electron chi connectivity index (χ2n) is 4.47. The number of nitrogens with zero attached hydrogens (tertiary/aromatic N) is 3. The Bertz CT molecular complexity index is 702. The summed E-state index contributed by atoms with van der Waals surface area (Å²) >= 11 is 7.27. The van der Waals surface area contributed by atoms with Crippen LogP contribution in [0.2, 0.25) is 5.15 Å². The Labute approximate surface area is 130 Å². The Hall–Kier alpha value is -1.99.